The van der Waals surface area contributed by atoms with E-state index in [9.17, 15) is 0 Å². The minimum absolute atomic E-state index is 0. The van der Waals surface area contributed by atoms with Gasteiger partial charge in [-0.05, 0) is 19.4 Å². The third-order valence-electron chi connectivity index (χ3n) is 2.25. The van der Waals surface area contributed by atoms with E-state index in [1.807, 2.05) is 18.0 Å². The van der Waals surface area contributed by atoms with Crippen molar-refractivity contribution in [2.75, 3.05) is 12.3 Å². The summed E-state index contributed by atoms with van der Waals surface area (Å²) >= 11 is 9.30. The second-order valence-corrected chi connectivity index (χ2v) is 6.12. The standard InChI is InChI=1S/C9H13ClN2S2.ClH/c10-9-12-4-8(14-9)6-13-5-7-2-1-3-11-7;/h4,7,11H,1-3,5-6H2;1H. The zero-order chi connectivity index (χ0) is 9.80. The Labute approximate surface area is 110 Å². The quantitative estimate of drug-likeness (QED) is 0.919. The Hall–Kier alpha value is 0.520. The summed E-state index contributed by atoms with van der Waals surface area (Å²) in [5, 5.41) is 3.49. The predicted octanol–water partition coefficient (Wildman–Crippen LogP) is 3.20. The summed E-state index contributed by atoms with van der Waals surface area (Å²) < 4.78 is 0.652. The van der Waals surface area contributed by atoms with Crippen molar-refractivity contribution in [1.29, 1.82) is 0 Å². The molecule has 1 atom stereocenters. The van der Waals surface area contributed by atoms with Crippen molar-refractivity contribution in [3.05, 3.63) is 15.5 Å². The maximum atomic E-state index is 5.75. The molecular formula is C9H14Cl2N2S2. The lowest BCUT2D eigenvalue weighted by Crippen LogP contribution is -2.23. The maximum absolute atomic E-state index is 5.75. The van der Waals surface area contributed by atoms with Gasteiger partial charge in [0.15, 0.2) is 4.47 Å². The first-order valence-electron chi connectivity index (χ1n) is 4.76. The van der Waals surface area contributed by atoms with Gasteiger partial charge in [0.2, 0.25) is 0 Å². The molecule has 15 heavy (non-hydrogen) atoms. The molecule has 0 aromatic carbocycles. The highest BCUT2D eigenvalue weighted by Gasteiger charge is 2.13. The number of halogens is 2. The molecule has 1 saturated heterocycles. The van der Waals surface area contributed by atoms with Crippen LogP contribution in [0, 0.1) is 0 Å². The molecule has 0 radical (unpaired) electrons. The van der Waals surface area contributed by atoms with Crippen LogP contribution in [-0.4, -0.2) is 23.3 Å². The summed E-state index contributed by atoms with van der Waals surface area (Å²) in [4.78, 5) is 5.30. The first-order valence-corrected chi connectivity index (χ1v) is 7.11. The monoisotopic (exact) mass is 284 g/mol. The van der Waals surface area contributed by atoms with Gasteiger partial charge in [-0.25, -0.2) is 4.98 Å². The van der Waals surface area contributed by atoms with Crippen LogP contribution in [0.5, 0.6) is 0 Å². The van der Waals surface area contributed by atoms with Crippen molar-refractivity contribution in [2.24, 2.45) is 0 Å². The van der Waals surface area contributed by atoms with E-state index in [4.69, 9.17) is 11.6 Å². The molecule has 2 heterocycles. The SMILES string of the molecule is Cl.Clc1ncc(CSCC2CCCN2)s1. The van der Waals surface area contributed by atoms with Crippen LogP contribution in [0.1, 0.15) is 17.7 Å². The second-order valence-electron chi connectivity index (χ2n) is 3.39. The lowest BCUT2D eigenvalue weighted by atomic mass is 10.3. The second kappa shape index (κ2) is 6.97. The Morgan fingerprint density at radius 2 is 2.53 bits per heavy atom. The number of hydrogen-bond acceptors (Lipinski definition) is 4. The number of hydrogen-bond donors (Lipinski definition) is 1. The largest absolute Gasteiger partial charge is 0.313 e. The highest BCUT2D eigenvalue weighted by molar-refractivity contribution is 7.98. The van der Waals surface area contributed by atoms with E-state index in [1.165, 1.54) is 30.0 Å². The van der Waals surface area contributed by atoms with Gasteiger partial charge in [-0.3, -0.25) is 0 Å². The van der Waals surface area contributed by atoms with E-state index in [-0.39, 0.29) is 12.4 Å². The van der Waals surface area contributed by atoms with Crippen molar-refractivity contribution in [3.8, 4) is 0 Å². The fraction of sp³-hybridized carbons (Fsp3) is 0.667. The molecule has 6 heteroatoms. The van der Waals surface area contributed by atoms with Crippen LogP contribution in [0.15, 0.2) is 6.20 Å². The predicted molar refractivity (Wildman–Crippen MR) is 71.6 cm³/mol. The van der Waals surface area contributed by atoms with Crippen molar-refractivity contribution in [1.82, 2.24) is 10.3 Å². The van der Waals surface area contributed by atoms with Crippen LogP contribution < -0.4 is 5.32 Å². The Kier molecular flexibility index (Phi) is 6.31. The van der Waals surface area contributed by atoms with Crippen LogP contribution in [0.3, 0.4) is 0 Å². The number of nitrogens with zero attached hydrogens (tertiary/aromatic N) is 1. The molecule has 0 amide bonds. The van der Waals surface area contributed by atoms with Crippen LogP contribution in [0.4, 0.5) is 0 Å². The van der Waals surface area contributed by atoms with Crippen LogP contribution >= 0.6 is 47.1 Å². The molecule has 0 aliphatic carbocycles. The highest BCUT2D eigenvalue weighted by Crippen LogP contribution is 2.23. The summed E-state index contributed by atoms with van der Waals surface area (Å²) in [5.41, 5.74) is 0. The fourth-order valence-electron chi connectivity index (χ4n) is 1.55. The Morgan fingerprint density at radius 1 is 1.67 bits per heavy atom. The third kappa shape index (κ3) is 4.49. The first-order chi connectivity index (χ1) is 6.84. The molecule has 1 aliphatic heterocycles. The van der Waals surface area contributed by atoms with E-state index >= 15 is 0 Å². The zero-order valence-electron chi connectivity index (χ0n) is 8.24. The van der Waals surface area contributed by atoms with Crippen LogP contribution in [-0.2, 0) is 5.75 Å². The topological polar surface area (TPSA) is 24.9 Å². The lowest BCUT2D eigenvalue weighted by Gasteiger charge is -2.07. The van der Waals surface area contributed by atoms with Crippen LogP contribution in [0.25, 0.3) is 0 Å². The van der Waals surface area contributed by atoms with Crippen molar-refractivity contribution in [2.45, 2.75) is 24.6 Å². The zero-order valence-corrected chi connectivity index (χ0v) is 11.4. The molecule has 1 aromatic rings. The fourth-order valence-corrected chi connectivity index (χ4v) is 3.77. The van der Waals surface area contributed by atoms with E-state index < -0.39 is 0 Å². The smallest absolute Gasteiger partial charge is 0.183 e. The molecule has 0 spiro atoms. The molecule has 86 valence electrons. The number of nitrogens with one attached hydrogen (secondary N) is 1. The summed E-state index contributed by atoms with van der Waals surface area (Å²) in [7, 11) is 0. The average Bonchev–Trinajstić information content (AvgIpc) is 2.77. The van der Waals surface area contributed by atoms with Gasteiger partial charge in [0.25, 0.3) is 0 Å². The molecule has 1 aromatic heterocycles. The summed E-state index contributed by atoms with van der Waals surface area (Å²) in [6.07, 6.45) is 4.54. The van der Waals surface area contributed by atoms with Gasteiger partial charge in [0.1, 0.15) is 0 Å². The normalized spacial score (nSPS) is 20.2. The molecule has 2 nitrogen and oxygen atoms in total. The molecule has 2 rings (SSSR count). The van der Waals surface area contributed by atoms with Crippen molar-refractivity contribution >= 4 is 47.1 Å². The molecule has 0 bridgehead atoms. The number of rotatable bonds is 4. The molecular weight excluding hydrogens is 271 g/mol. The van der Waals surface area contributed by atoms with E-state index in [2.05, 4.69) is 10.3 Å². The molecule has 1 N–H and O–H groups in total. The van der Waals surface area contributed by atoms with E-state index in [0.29, 0.717) is 4.47 Å². The molecule has 0 saturated carbocycles. The summed E-state index contributed by atoms with van der Waals surface area (Å²) in [6, 6.07) is 0.725. The van der Waals surface area contributed by atoms with Gasteiger partial charge in [0.05, 0.1) is 0 Å². The molecule has 1 unspecified atom stereocenters. The van der Waals surface area contributed by atoms with Gasteiger partial charge in [0, 0.05) is 28.6 Å². The number of aromatic nitrogens is 1. The minimum Gasteiger partial charge on any atom is -0.313 e. The lowest BCUT2D eigenvalue weighted by molar-refractivity contribution is 0.674. The van der Waals surface area contributed by atoms with E-state index in [0.717, 1.165) is 11.8 Å². The van der Waals surface area contributed by atoms with Crippen LogP contribution in [0.2, 0.25) is 4.47 Å². The van der Waals surface area contributed by atoms with E-state index in [1.54, 1.807) is 11.3 Å². The van der Waals surface area contributed by atoms with Gasteiger partial charge >= 0.3 is 0 Å². The number of thiazole rings is 1. The van der Waals surface area contributed by atoms with Crippen molar-refractivity contribution < 1.29 is 0 Å². The third-order valence-corrected chi connectivity index (χ3v) is 4.70. The minimum atomic E-state index is 0. The van der Waals surface area contributed by atoms with Gasteiger partial charge in [-0.1, -0.05) is 11.6 Å². The molecule has 1 aliphatic rings. The molecule has 1 fully saturated rings. The van der Waals surface area contributed by atoms with Crippen molar-refractivity contribution in [3.63, 3.8) is 0 Å². The van der Waals surface area contributed by atoms with Gasteiger partial charge in [-0.15, -0.1) is 23.7 Å². The van der Waals surface area contributed by atoms with Gasteiger partial charge < -0.3 is 5.32 Å². The Morgan fingerprint density at radius 3 is 3.13 bits per heavy atom. The number of thioether (sulfide) groups is 1. The highest BCUT2D eigenvalue weighted by atomic mass is 35.5. The maximum Gasteiger partial charge on any atom is 0.183 e. The summed E-state index contributed by atoms with van der Waals surface area (Å²) in [5.74, 6) is 2.25. The summed E-state index contributed by atoms with van der Waals surface area (Å²) in [6.45, 7) is 1.19. The Bertz CT molecular complexity index is 287. The van der Waals surface area contributed by atoms with Gasteiger partial charge in [-0.2, -0.15) is 11.8 Å². The first kappa shape index (κ1) is 13.6. The average molecular weight is 285 g/mol. The Balaban J connectivity index is 0.00000112.